The normalized spacial score (nSPS) is 15.0. The molecule has 0 saturated carbocycles. The predicted octanol–water partition coefficient (Wildman–Crippen LogP) is 2.47. The largest absolute Gasteiger partial charge is 0.493 e. The number of hydrogen-bond donors (Lipinski definition) is 1. The van der Waals surface area contributed by atoms with Crippen LogP contribution in [0.2, 0.25) is 0 Å². The summed E-state index contributed by atoms with van der Waals surface area (Å²) in [5.74, 6) is 0.0286. The lowest BCUT2D eigenvalue weighted by Crippen LogP contribution is -2.46. The molecule has 1 aliphatic rings. The number of hydrogen-bond acceptors (Lipinski definition) is 8. The van der Waals surface area contributed by atoms with E-state index < -0.39 is 32.5 Å². The lowest BCUT2D eigenvalue weighted by atomic mass is 10.2. The molecule has 1 saturated heterocycles. The van der Waals surface area contributed by atoms with Gasteiger partial charge in [0.15, 0.2) is 11.5 Å². The number of anilines is 1. The number of ether oxygens (including phenoxy) is 2. The maximum absolute atomic E-state index is 13.7. The summed E-state index contributed by atoms with van der Waals surface area (Å²) in [7, 11) is -2.99. The Kier molecular flexibility index (Phi) is 9.66. The average molecular weight is 603 g/mol. The number of sulfonamides is 2. The smallest absolute Gasteiger partial charge is 0.243 e. The minimum absolute atomic E-state index is 0.0485. The van der Waals surface area contributed by atoms with Gasteiger partial charge in [-0.2, -0.15) is 8.61 Å². The van der Waals surface area contributed by atoms with Crippen molar-refractivity contribution in [1.82, 2.24) is 13.5 Å². The maximum Gasteiger partial charge on any atom is 0.243 e. The fourth-order valence-electron chi connectivity index (χ4n) is 4.39. The van der Waals surface area contributed by atoms with Crippen molar-refractivity contribution in [2.45, 2.75) is 16.3 Å². The molecule has 0 radical (unpaired) electrons. The highest BCUT2D eigenvalue weighted by molar-refractivity contribution is 7.89. The molecule has 1 N–H and O–H groups in total. The van der Waals surface area contributed by atoms with E-state index in [-0.39, 0.29) is 22.1 Å². The van der Waals surface area contributed by atoms with Crippen molar-refractivity contribution in [3.8, 4) is 11.5 Å². The molecule has 1 aliphatic heterocycles. The average Bonchev–Trinajstić information content (AvgIpc) is 2.97. The fourth-order valence-corrected chi connectivity index (χ4v) is 7.21. The Morgan fingerprint density at radius 2 is 1.44 bits per heavy atom. The second-order valence-corrected chi connectivity index (χ2v) is 13.4. The lowest BCUT2D eigenvalue weighted by molar-refractivity contribution is -0.116. The topological polar surface area (TPSA) is 126 Å². The van der Waals surface area contributed by atoms with Gasteiger partial charge in [0.2, 0.25) is 26.0 Å². The Labute approximate surface area is 241 Å². The van der Waals surface area contributed by atoms with Gasteiger partial charge < -0.3 is 19.7 Å². The summed E-state index contributed by atoms with van der Waals surface area (Å²) in [5.41, 5.74) is 1.04. The molecule has 0 aromatic heterocycles. The summed E-state index contributed by atoms with van der Waals surface area (Å²) >= 11 is 0. The Bertz CT molecular complexity index is 1560. The van der Waals surface area contributed by atoms with E-state index in [1.165, 1.54) is 61.0 Å². The van der Waals surface area contributed by atoms with Gasteiger partial charge in [0, 0.05) is 44.5 Å². The molecule has 3 aromatic carbocycles. The minimum atomic E-state index is -4.14. The van der Waals surface area contributed by atoms with Crippen molar-refractivity contribution >= 4 is 31.6 Å². The second-order valence-electron chi connectivity index (χ2n) is 9.56. The molecule has 4 rings (SSSR count). The predicted molar refractivity (Wildman–Crippen MR) is 155 cm³/mol. The van der Waals surface area contributed by atoms with Crippen LogP contribution in [0, 0.1) is 0 Å². The third-order valence-corrected chi connectivity index (χ3v) is 10.5. The first-order valence-electron chi connectivity index (χ1n) is 12.9. The monoisotopic (exact) mass is 602 g/mol. The van der Waals surface area contributed by atoms with E-state index in [9.17, 15) is 21.6 Å². The fraction of sp³-hybridized carbons (Fsp3) is 0.321. The number of likely N-dealkylation sites (N-methyl/N-ethyl adjacent to an activating group) is 1. The van der Waals surface area contributed by atoms with Gasteiger partial charge in [0.05, 0.1) is 30.6 Å². The van der Waals surface area contributed by atoms with Gasteiger partial charge in [-0.1, -0.05) is 30.3 Å². The summed E-state index contributed by atoms with van der Waals surface area (Å²) in [6.45, 7) is 1.59. The van der Waals surface area contributed by atoms with Crippen LogP contribution < -0.4 is 14.8 Å². The molecule has 0 aliphatic carbocycles. The molecule has 0 spiro atoms. The number of nitrogens with one attached hydrogen (secondary N) is 1. The number of amides is 1. The summed E-state index contributed by atoms with van der Waals surface area (Å²) in [4.78, 5) is 15.2. The van der Waals surface area contributed by atoms with Crippen LogP contribution in [-0.2, 0) is 31.4 Å². The third kappa shape index (κ3) is 7.24. The van der Waals surface area contributed by atoms with Crippen LogP contribution in [0.4, 0.5) is 5.69 Å². The summed E-state index contributed by atoms with van der Waals surface area (Å²) in [5, 5.41) is 2.68. The molecule has 1 amide bonds. The molecular weight excluding hydrogens is 568 g/mol. The molecule has 41 heavy (non-hydrogen) atoms. The molecule has 11 nitrogen and oxygen atoms in total. The number of rotatable bonds is 11. The van der Waals surface area contributed by atoms with Crippen LogP contribution in [0.15, 0.2) is 82.6 Å². The SMILES string of the molecule is COc1ccc(S(=O)(=O)N(CC(=O)Nc2ccc(S(=O)(=O)N3CCN(C)CC3)cc2)Cc2ccccc2)cc1OC. The number of methoxy groups -OCH3 is 2. The summed E-state index contributed by atoms with van der Waals surface area (Å²) < 4.78 is 66.4. The first-order valence-corrected chi connectivity index (χ1v) is 15.8. The first kappa shape index (κ1) is 30.5. The van der Waals surface area contributed by atoms with Gasteiger partial charge in [-0.3, -0.25) is 4.79 Å². The molecule has 220 valence electrons. The van der Waals surface area contributed by atoms with E-state index in [1.807, 2.05) is 13.1 Å². The standard InChI is InChI=1S/C28H34N4O7S2/c1-30-15-17-31(18-16-30)40(34,35)24-11-9-23(10-12-24)29-28(33)21-32(20-22-7-5-4-6-8-22)41(36,37)25-13-14-26(38-2)27(19-25)39-3/h4-14,19H,15-18,20-21H2,1-3H3,(H,29,33). The van der Waals surface area contributed by atoms with E-state index in [0.717, 1.165) is 4.31 Å². The zero-order valence-corrected chi connectivity index (χ0v) is 24.8. The molecule has 0 unspecified atom stereocenters. The third-order valence-electron chi connectivity index (χ3n) is 6.75. The zero-order chi connectivity index (χ0) is 29.6. The highest BCUT2D eigenvalue weighted by atomic mass is 32.2. The van der Waals surface area contributed by atoms with Gasteiger partial charge >= 0.3 is 0 Å². The van der Waals surface area contributed by atoms with Gasteiger partial charge in [0.25, 0.3) is 0 Å². The molecule has 1 fully saturated rings. The number of piperazine rings is 1. The lowest BCUT2D eigenvalue weighted by Gasteiger charge is -2.31. The minimum Gasteiger partial charge on any atom is -0.493 e. The van der Waals surface area contributed by atoms with Crippen LogP contribution in [0.3, 0.4) is 0 Å². The molecule has 3 aromatic rings. The van der Waals surface area contributed by atoms with Gasteiger partial charge in [0.1, 0.15) is 0 Å². The van der Waals surface area contributed by atoms with Crippen LogP contribution in [-0.4, -0.2) is 90.2 Å². The van der Waals surface area contributed by atoms with Gasteiger partial charge in [-0.25, -0.2) is 16.8 Å². The molecule has 0 atom stereocenters. The first-order chi connectivity index (χ1) is 19.5. The number of benzene rings is 3. The molecular formula is C28H34N4O7S2. The van der Waals surface area contributed by atoms with E-state index in [2.05, 4.69) is 10.2 Å². The van der Waals surface area contributed by atoms with E-state index in [4.69, 9.17) is 9.47 Å². The van der Waals surface area contributed by atoms with Crippen LogP contribution in [0.1, 0.15) is 5.56 Å². The van der Waals surface area contributed by atoms with Crippen LogP contribution >= 0.6 is 0 Å². The second kappa shape index (κ2) is 13.0. The van der Waals surface area contributed by atoms with Crippen molar-refractivity contribution < 1.29 is 31.1 Å². The van der Waals surface area contributed by atoms with Crippen LogP contribution in [0.5, 0.6) is 11.5 Å². The number of nitrogens with zero attached hydrogens (tertiary/aromatic N) is 3. The van der Waals surface area contributed by atoms with Gasteiger partial charge in [-0.05, 0) is 49.0 Å². The maximum atomic E-state index is 13.7. The van der Waals surface area contributed by atoms with E-state index in [0.29, 0.717) is 43.2 Å². The van der Waals surface area contributed by atoms with E-state index >= 15 is 0 Å². The van der Waals surface area contributed by atoms with Crippen molar-refractivity contribution in [3.63, 3.8) is 0 Å². The Balaban J connectivity index is 1.52. The number of carbonyl (C=O) groups is 1. The molecule has 0 bridgehead atoms. The molecule has 1 heterocycles. The van der Waals surface area contributed by atoms with Crippen LogP contribution in [0.25, 0.3) is 0 Å². The van der Waals surface area contributed by atoms with Crippen molar-refractivity contribution in [1.29, 1.82) is 0 Å². The van der Waals surface area contributed by atoms with Crippen molar-refractivity contribution in [2.24, 2.45) is 0 Å². The Morgan fingerprint density at radius 3 is 2.05 bits per heavy atom. The van der Waals surface area contributed by atoms with Crippen molar-refractivity contribution in [2.75, 3.05) is 59.3 Å². The Hall–Kier alpha value is -3.49. The van der Waals surface area contributed by atoms with Crippen molar-refractivity contribution in [3.05, 3.63) is 78.4 Å². The summed E-state index contributed by atoms with van der Waals surface area (Å²) in [6.07, 6.45) is 0. The Morgan fingerprint density at radius 1 is 0.829 bits per heavy atom. The van der Waals surface area contributed by atoms with Gasteiger partial charge in [-0.15, -0.1) is 0 Å². The highest BCUT2D eigenvalue weighted by Crippen LogP contribution is 2.31. The zero-order valence-electron chi connectivity index (χ0n) is 23.2. The highest BCUT2D eigenvalue weighted by Gasteiger charge is 2.29. The quantitative estimate of drug-likeness (QED) is 0.355. The van der Waals surface area contributed by atoms with E-state index in [1.54, 1.807) is 24.3 Å². The molecule has 13 heteroatoms. The summed E-state index contributed by atoms with van der Waals surface area (Å²) in [6, 6.07) is 19.0. The number of carbonyl (C=O) groups excluding carboxylic acids is 1.